The van der Waals surface area contributed by atoms with Gasteiger partial charge in [0.25, 0.3) is 0 Å². The van der Waals surface area contributed by atoms with Gasteiger partial charge in [-0.25, -0.2) is 9.97 Å². The molecule has 0 atom stereocenters. The van der Waals surface area contributed by atoms with E-state index in [0.717, 1.165) is 31.0 Å². The number of rotatable bonds is 6. The fourth-order valence-electron chi connectivity index (χ4n) is 1.32. The van der Waals surface area contributed by atoms with Crippen molar-refractivity contribution >= 4 is 5.91 Å². The summed E-state index contributed by atoms with van der Waals surface area (Å²) in [7, 11) is 1.65. The molecule has 0 aromatic carbocycles. The molecule has 1 aromatic heterocycles. The molecule has 0 saturated carbocycles. The van der Waals surface area contributed by atoms with Crippen molar-refractivity contribution in [2.45, 2.75) is 26.3 Å². The summed E-state index contributed by atoms with van der Waals surface area (Å²) in [5.41, 5.74) is 0.979. The summed E-state index contributed by atoms with van der Waals surface area (Å²) in [6, 6.07) is 1.89. The van der Waals surface area contributed by atoms with Crippen LogP contribution in [0.3, 0.4) is 0 Å². The lowest BCUT2D eigenvalue weighted by molar-refractivity contribution is -0.120. The van der Waals surface area contributed by atoms with Gasteiger partial charge in [0.1, 0.15) is 5.82 Å². The van der Waals surface area contributed by atoms with Crippen molar-refractivity contribution in [2.24, 2.45) is 0 Å². The molecule has 0 fully saturated rings. The number of carbonyl (C=O) groups is 1. The van der Waals surface area contributed by atoms with Gasteiger partial charge < -0.3 is 10.6 Å². The van der Waals surface area contributed by atoms with Gasteiger partial charge in [0, 0.05) is 26.2 Å². The lowest BCUT2D eigenvalue weighted by atomic mass is 10.3. The van der Waals surface area contributed by atoms with Crippen molar-refractivity contribution in [1.29, 1.82) is 0 Å². The summed E-state index contributed by atoms with van der Waals surface area (Å²) in [5.74, 6) is 0.865. The zero-order valence-corrected chi connectivity index (χ0v) is 9.79. The van der Waals surface area contributed by atoms with Crippen LogP contribution in [0.1, 0.15) is 24.4 Å². The molecule has 0 radical (unpaired) electrons. The van der Waals surface area contributed by atoms with Crippen LogP contribution in [-0.4, -0.2) is 29.5 Å². The number of aryl methyl sites for hydroxylation is 1. The lowest BCUT2D eigenvalue weighted by Gasteiger charge is -2.04. The number of aromatic nitrogens is 2. The maximum Gasteiger partial charge on any atom is 0.219 e. The van der Waals surface area contributed by atoms with Crippen LogP contribution in [0.2, 0.25) is 0 Å². The van der Waals surface area contributed by atoms with Gasteiger partial charge in [-0.3, -0.25) is 4.79 Å². The molecule has 0 aliphatic heterocycles. The summed E-state index contributed by atoms with van der Waals surface area (Å²) in [5, 5.41) is 5.83. The monoisotopic (exact) mass is 222 g/mol. The minimum atomic E-state index is 0.0830. The van der Waals surface area contributed by atoms with Crippen LogP contribution >= 0.6 is 0 Å². The lowest BCUT2D eigenvalue weighted by Crippen LogP contribution is -2.21. The van der Waals surface area contributed by atoms with Crippen LogP contribution < -0.4 is 10.6 Å². The van der Waals surface area contributed by atoms with Gasteiger partial charge in [-0.2, -0.15) is 0 Å². The Bertz CT molecular complexity index is 341. The largest absolute Gasteiger partial charge is 0.359 e. The quantitative estimate of drug-likeness (QED) is 0.684. The minimum absolute atomic E-state index is 0.0830. The Labute approximate surface area is 95.7 Å². The van der Waals surface area contributed by atoms with Gasteiger partial charge in [-0.15, -0.1) is 0 Å². The third-order valence-electron chi connectivity index (χ3n) is 2.18. The zero-order chi connectivity index (χ0) is 11.8. The molecule has 5 nitrogen and oxygen atoms in total. The van der Waals surface area contributed by atoms with E-state index in [1.807, 2.05) is 13.0 Å². The van der Waals surface area contributed by atoms with Crippen molar-refractivity contribution < 1.29 is 4.79 Å². The number of carbonyl (C=O) groups excluding carboxylic acids is 1. The fourth-order valence-corrected chi connectivity index (χ4v) is 1.32. The predicted octanol–water partition coefficient (Wildman–Crippen LogP) is 0.401. The standard InChI is InChI=1S/C11H18N4O/c1-9-14-7-5-10(15-9)8-13-6-3-4-11(16)12-2/h5,7,13H,3-4,6,8H2,1-2H3,(H,12,16). The number of hydrogen-bond acceptors (Lipinski definition) is 4. The Hall–Kier alpha value is -1.49. The first-order valence-corrected chi connectivity index (χ1v) is 5.42. The molecular formula is C11H18N4O. The molecule has 1 amide bonds. The fraction of sp³-hybridized carbons (Fsp3) is 0.545. The van der Waals surface area contributed by atoms with Crippen LogP contribution in [0.15, 0.2) is 12.3 Å². The number of amides is 1. The second-order valence-corrected chi connectivity index (χ2v) is 3.55. The Kier molecular flexibility index (Phi) is 5.42. The van der Waals surface area contributed by atoms with Crippen molar-refractivity contribution in [3.8, 4) is 0 Å². The predicted molar refractivity (Wildman–Crippen MR) is 61.8 cm³/mol. The molecule has 5 heteroatoms. The summed E-state index contributed by atoms with van der Waals surface area (Å²) < 4.78 is 0. The highest BCUT2D eigenvalue weighted by Gasteiger charge is 1.98. The van der Waals surface area contributed by atoms with Crippen LogP contribution in [0, 0.1) is 6.92 Å². The first kappa shape index (κ1) is 12.6. The van der Waals surface area contributed by atoms with E-state index in [0.29, 0.717) is 6.42 Å². The van der Waals surface area contributed by atoms with Gasteiger partial charge in [0.05, 0.1) is 5.69 Å². The Morgan fingerprint density at radius 3 is 3.00 bits per heavy atom. The van der Waals surface area contributed by atoms with Gasteiger partial charge >= 0.3 is 0 Å². The highest BCUT2D eigenvalue weighted by molar-refractivity contribution is 5.75. The van der Waals surface area contributed by atoms with Crippen LogP contribution in [0.5, 0.6) is 0 Å². The third-order valence-corrected chi connectivity index (χ3v) is 2.18. The summed E-state index contributed by atoms with van der Waals surface area (Å²) in [6.07, 6.45) is 3.15. The van der Waals surface area contributed by atoms with Crippen LogP contribution in [0.25, 0.3) is 0 Å². The highest BCUT2D eigenvalue weighted by atomic mass is 16.1. The van der Waals surface area contributed by atoms with Crippen molar-refractivity contribution in [2.75, 3.05) is 13.6 Å². The first-order valence-electron chi connectivity index (χ1n) is 5.42. The molecule has 16 heavy (non-hydrogen) atoms. The van der Waals surface area contributed by atoms with E-state index in [9.17, 15) is 4.79 Å². The van der Waals surface area contributed by atoms with E-state index in [4.69, 9.17) is 0 Å². The van der Waals surface area contributed by atoms with E-state index >= 15 is 0 Å². The van der Waals surface area contributed by atoms with Crippen molar-refractivity contribution in [1.82, 2.24) is 20.6 Å². The number of nitrogens with zero attached hydrogens (tertiary/aromatic N) is 2. The summed E-state index contributed by atoms with van der Waals surface area (Å²) in [4.78, 5) is 19.2. The van der Waals surface area contributed by atoms with Crippen LogP contribution in [-0.2, 0) is 11.3 Å². The second-order valence-electron chi connectivity index (χ2n) is 3.55. The minimum Gasteiger partial charge on any atom is -0.359 e. The van der Waals surface area contributed by atoms with Crippen molar-refractivity contribution in [3.05, 3.63) is 23.8 Å². The molecule has 1 aromatic rings. The number of nitrogens with one attached hydrogen (secondary N) is 2. The average Bonchev–Trinajstić information content (AvgIpc) is 2.28. The van der Waals surface area contributed by atoms with E-state index in [-0.39, 0.29) is 5.91 Å². The smallest absolute Gasteiger partial charge is 0.219 e. The molecule has 0 aliphatic carbocycles. The van der Waals surface area contributed by atoms with Gasteiger partial charge in [-0.1, -0.05) is 0 Å². The average molecular weight is 222 g/mol. The van der Waals surface area contributed by atoms with Gasteiger partial charge in [-0.05, 0) is 26.0 Å². The zero-order valence-electron chi connectivity index (χ0n) is 9.79. The molecule has 0 saturated heterocycles. The van der Waals surface area contributed by atoms with Crippen molar-refractivity contribution in [3.63, 3.8) is 0 Å². The summed E-state index contributed by atoms with van der Waals surface area (Å²) >= 11 is 0. The molecular weight excluding hydrogens is 204 g/mol. The van der Waals surface area contributed by atoms with E-state index < -0.39 is 0 Å². The molecule has 0 aliphatic rings. The molecule has 1 heterocycles. The molecule has 0 unspecified atom stereocenters. The van der Waals surface area contributed by atoms with E-state index in [2.05, 4.69) is 20.6 Å². The van der Waals surface area contributed by atoms with E-state index in [1.165, 1.54) is 0 Å². The maximum absolute atomic E-state index is 10.9. The molecule has 0 bridgehead atoms. The Balaban J connectivity index is 2.14. The van der Waals surface area contributed by atoms with Crippen LogP contribution in [0.4, 0.5) is 0 Å². The summed E-state index contributed by atoms with van der Waals surface area (Å²) in [6.45, 7) is 3.41. The topological polar surface area (TPSA) is 66.9 Å². The molecule has 0 spiro atoms. The van der Waals surface area contributed by atoms with Gasteiger partial charge in [0.2, 0.25) is 5.91 Å². The second kappa shape index (κ2) is 6.90. The molecule has 2 N–H and O–H groups in total. The van der Waals surface area contributed by atoms with E-state index in [1.54, 1.807) is 13.2 Å². The Morgan fingerprint density at radius 2 is 2.31 bits per heavy atom. The maximum atomic E-state index is 10.9. The SMILES string of the molecule is CNC(=O)CCCNCc1ccnc(C)n1. The van der Waals surface area contributed by atoms with Gasteiger partial charge in [0.15, 0.2) is 0 Å². The normalized spacial score (nSPS) is 10.1. The Morgan fingerprint density at radius 1 is 1.50 bits per heavy atom. The number of hydrogen-bond donors (Lipinski definition) is 2. The third kappa shape index (κ3) is 4.84. The molecule has 88 valence electrons. The highest BCUT2D eigenvalue weighted by Crippen LogP contribution is 1.94. The first-order chi connectivity index (χ1) is 7.72. The molecule has 1 rings (SSSR count).